The third kappa shape index (κ3) is 3.72. The molecule has 0 aliphatic carbocycles. The fourth-order valence-corrected chi connectivity index (χ4v) is 1.97. The molecular weight excluding hydrogens is 353 g/mol. The van der Waals surface area contributed by atoms with Crippen molar-refractivity contribution in [3.05, 3.63) is 52.3 Å². The van der Waals surface area contributed by atoms with E-state index in [2.05, 4.69) is 21.0 Å². The Labute approximate surface area is 125 Å². The Morgan fingerprint density at radius 1 is 1.38 bits per heavy atom. The SMILES string of the molecule is O=C(O)/C=C/c1ccc(-n2cc(Br)cn2)c(C(F)(F)F)c1. The zero-order valence-corrected chi connectivity index (χ0v) is 11.9. The van der Waals surface area contributed by atoms with Crippen LogP contribution in [0, 0.1) is 0 Å². The smallest absolute Gasteiger partial charge is 0.418 e. The highest BCUT2D eigenvalue weighted by atomic mass is 79.9. The summed E-state index contributed by atoms with van der Waals surface area (Å²) in [4.78, 5) is 10.4. The molecular formula is C13H8BrF3N2O2. The van der Waals surface area contributed by atoms with E-state index in [-0.39, 0.29) is 11.3 Å². The van der Waals surface area contributed by atoms with Crippen LogP contribution in [0.3, 0.4) is 0 Å². The molecule has 21 heavy (non-hydrogen) atoms. The van der Waals surface area contributed by atoms with Crippen LogP contribution in [0.4, 0.5) is 13.2 Å². The largest absolute Gasteiger partial charge is 0.478 e. The highest BCUT2D eigenvalue weighted by molar-refractivity contribution is 9.10. The first-order valence-electron chi connectivity index (χ1n) is 5.60. The Bertz CT molecular complexity index is 708. The molecule has 0 atom stereocenters. The number of halogens is 4. The van der Waals surface area contributed by atoms with Crippen LogP contribution in [0.1, 0.15) is 11.1 Å². The van der Waals surface area contributed by atoms with Crippen molar-refractivity contribution in [2.24, 2.45) is 0 Å². The van der Waals surface area contributed by atoms with Gasteiger partial charge in [0.05, 0.1) is 21.9 Å². The van der Waals surface area contributed by atoms with Crippen molar-refractivity contribution in [3.8, 4) is 5.69 Å². The maximum Gasteiger partial charge on any atom is 0.418 e. The lowest BCUT2D eigenvalue weighted by molar-refractivity contribution is -0.137. The molecule has 0 aliphatic heterocycles. The number of alkyl halides is 3. The van der Waals surface area contributed by atoms with Crippen molar-refractivity contribution in [2.75, 3.05) is 0 Å². The molecule has 0 saturated heterocycles. The van der Waals surface area contributed by atoms with E-state index in [1.54, 1.807) is 0 Å². The summed E-state index contributed by atoms with van der Waals surface area (Å²) in [5.41, 5.74) is -0.897. The van der Waals surface area contributed by atoms with Crippen molar-refractivity contribution in [2.45, 2.75) is 6.18 Å². The van der Waals surface area contributed by atoms with E-state index in [0.29, 0.717) is 4.47 Å². The first kappa shape index (κ1) is 15.3. The molecule has 1 N–H and O–H groups in total. The predicted octanol–water partition coefficient (Wildman–Crippen LogP) is 3.75. The first-order valence-corrected chi connectivity index (χ1v) is 6.39. The van der Waals surface area contributed by atoms with Gasteiger partial charge in [0, 0.05) is 12.3 Å². The Morgan fingerprint density at radius 3 is 2.62 bits per heavy atom. The summed E-state index contributed by atoms with van der Waals surface area (Å²) in [6.45, 7) is 0. The molecule has 0 fully saturated rings. The molecule has 0 amide bonds. The number of carbonyl (C=O) groups is 1. The maximum atomic E-state index is 13.1. The maximum absolute atomic E-state index is 13.1. The summed E-state index contributed by atoms with van der Waals surface area (Å²) >= 11 is 3.12. The van der Waals surface area contributed by atoms with Crippen LogP contribution in [0.15, 0.2) is 41.1 Å². The van der Waals surface area contributed by atoms with Crippen LogP contribution in [-0.4, -0.2) is 20.9 Å². The van der Waals surface area contributed by atoms with Gasteiger partial charge in [0.25, 0.3) is 0 Å². The minimum atomic E-state index is -4.58. The molecule has 0 aliphatic rings. The van der Waals surface area contributed by atoms with Gasteiger partial charge in [0.1, 0.15) is 0 Å². The van der Waals surface area contributed by atoms with Gasteiger partial charge in [-0.1, -0.05) is 6.07 Å². The second kappa shape index (κ2) is 5.72. The summed E-state index contributed by atoms with van der Waals surface area (Å²) in [5.74, 6) is -1.23. The zero-order chi connectivity index (χ0) is 15.6. The second-order valence-corrected chi connectivity index (χ2v) is 4.96. The Morgan fingerprint density at radius 2 is 2.10 bits per heavy atom. The van der Waals surface area contributed by atoms with Crippen LogP contribution >= 0.6 is 15.9 Å². The first-order chi connectivity index (χ1) is 9.77. The lowest BCUT2D eigenvalue weighted by Crippen LogP contribution is -2.11. The van der Waals surface area contributed by atoms with Crippen molar-refractivity contribution in [1.29, 1.82) is 0 Å². The summed E-state index contributed by atoms with van der Waals surface area (Å²) in [7, 11) is 0. The molecule has 110 valence electrons. The normalized spacial score (nSPS) is 12.0. The van der Waals surface area contributed by atoms with Gasteiger partial charge in [-0.15, -0.1) is 0 Å². The Hall–Kier alpha value is -2.09. The number of aromatic nitrogens is 2. The number of aliphatic carboxylic acids is 1. The van der Waals surface area contributed by atoms with E-state index < -0.39 is 17.7 Å². The number of carboxylic acids is 1. The van der Waals surface area contributed by atoms with Gasteiger partial charge in [-0.05, 0) is 39.7 Å². The topological polar surface area (TPSA) is 55.1 Å². The average molecular weight is 361 g/mol. The van der Waals surface area contributed by atoms with E-state index in [4.69, 9.17) is 5.11 Å². The van der Waals surface area contributed by atoms with E-state index in [1.165, 1.54) is 24.5 Å². The van der Waals surface area contributed by atoms with Gasteiger partial charge in [-0.25, -0.2) is 9.48 Å². The Kier molecular flexibility index (Phi) is 4.17. The lowest BCUT2D eigenvalue weighted by atomic mass is 10.1. The van der Waals surface area contributed by atoms with E-state index >= 15 is 0 Å². The van der Waals surface area contributed by atoms with Gasteiger partial charge in [0.2, 0.25) is 0 Å². The summed E-state index contributed by atoms with van der Waals surface area (Å²) < 4.78 is 41.0. The van der Waals surface area contributed by atoms with Gasteiger partial charge in [-0.3, -0.25) is 0 Å². The van der Waals surface area contributed by atoms with Crippen molar-refractivity contribution in [3.63, 3.8) is 0 Å². The highest BCUT2D eigenvalue weighted by Crippen LogP contribution is 2.34. The second-order valence-electron chi connectivity index (χ2n) is 4.05. The third-order valence-electron chi connectivity index (χ3n) is 2.54. The fraction of sp³-hybridized carbons (Fsp3) is 0.0769. The molecule has 1 aromatic heterocycles. The predicted molar refractivity (Wildman–Crippen MR) is 72.9 cm³/mol. The lowest BCUT2D eigenvalue weighted by Gasteiger charge is -2.13. The van der Waals surface area contributed by atoms with Gasteiger partial charge in [-0.2, -0.15) is 18.3 Å². The van der Waals surface area contributed by atoms with E-state index in [9.17, 15) is 18.0 Å². The number of nitrogens with zero attached hydrogens (tertiary/aromatic N) is 2. The highest BCUT2D eigenvalue weighted by Gasteiger charge is 2.34. The van der Waals surface area contributed by atoms with Crippen molar-refractivity contribution in [1.82, 2.24) is 9.78 Å². The van der Waals surface area contributed by atoms with Crippen molar-refractivity contribution < 1.29 is 23.1 Å². The molecule has 0 bridgehead atoms. The molecule has 0 radical (unpaired) electrons. The van der Waals surface area contributed by atoms with Crippen LogP contribution in [0.5, 0.6) is 0 Å². The van der Waals surface area contributed by atoms with Gasteiger partial charge in [0.15, 0.2) is 0 Å². The number of carboxylic acid groups (broad SMARTS) is 1. The molecule has 0 unspecified atom stereocenters. The fourth-order valence-electron chi connectivity index (χ4n) is 1.68. The zero-order valence-electron chi connectivity index (χ0n) is 10.3. The molecule has 2 rings (SSSR count). The molecule has 8 heteroatoms. The van der Waals surface area contributed by atoms with Crippen LogP contribution in [-0.2, 0) is 11.0 Å². The van der Waals surface area contributed by atoms with Crippen LogP contribution in [0.2, 0.25) is 0 Å². The summed E-state index contributed by atoms with van der Waals surface area (Å²) in [6, 6.07) is 3.51. The van der Waals surface area contributed by atoms with E-state index in [1.807, 2.05) is 0 Å². The molecule has 1 heterocycles. The molecule has 2 aromatic rings. The summed E-state index contributed by atoms with van der Waals surface area (Å²) in [5, 5.41) is 12.3. The number of hydrogen-bond acceptors (Lipinski definition) is 2. The number of rotatable bonds is 3. The monoisotopic (exact) mass is 360 g/mol. The minimum Gasteiger partial charge on any atom is -0.478 e. The molecule has 4 nitrogen and oxygen atoms in total. The summed E-state index contributed by atoms with van der Waals surface area (Å²) in [6.07, 6.45) is 0.0661. The quantitative estimate of drug-likeness (QED) is 0.848. The van der Waals surface area contributed by atoms with E-state index in [0.717, 1.165) is 22.9 Å². The molecule has 0 saturated carbocycles. The van der Waals surface area contributed by atoms with Crippen LogP contribution < -0.4 is 0 Å². The number of hydrogen-bond donors (Lipinski definition) is 1. The van der Waals surface area contributed by atoms with Crippen LogP contribution in [0.25, 0.3) is 11.8 Å². The third-order valence-corrected chi connectivity index (χ3v) is 2.95. The molecule has 1 aromatic carbocycles. The van der Waals surface area contributed by atoms with Gasteiger partial charge < -0.3 is 5.11 Å². The van der Waals surface area contributed by atoms with Gasteiger partial charge >= 0.3 is 12.1 Å². The average Bonchev–Trinajstić information content (AvgIpc) is 2.81. The van der Waals surface area contributed by atoms with Crippen molar-refractivity contribution >= 4 is 28.0 Å². The molecule has 0 spiro atoms. The standard InChI is InChI=1S/C13H8BrF3N2O2/c14-9-6-18-19(7-9)11-3-1-8(2-4-12(20)21)5-10(11)13(15,16)17/h1-7H,(H,20,21)/b4-2+. The minimum absolute atomic E-state index is 0.138. The number of benzene rings is 1. The Balaban J connectivity index is 2.54.